The molecular weight excluding hydrogens is 384 g/mol. The molecule has 0 unspecified atom stereocenters. The first-order valence-electron chi connectivity index (χ1n) is 8.77. The van der Waals surface area contributed by atoms with Gasteiger partial charge in [-0.1, -0.05) is 23.7 Å². The summed E-state index contributed by atoms with van der Waals surface area (Å²) in [7, 11) is 0. The van der Waals surface area contributed by atoms with Crippen LogP contribution in [0, 0.1) is 0 Å². The molecule has 140 valence electrons. The third-order valence-electron chi connectivity index (χ3n) is 4.34. The van der Waals surface area contributed by atoms with E-state index in [2.05, 4.69) is 9.89 Å². The molecule has 0 aliphatic carbocycles. The zero-order valence-corrected chi connectivity index (χ0v) is 16.6. The van der Waals surface area contributed by atoms with Crippen molar-refractivity contribution in [2.24, 2.45) is 4.99 Å². The van der Waals surface area contributed by atoms with Crippen LogP contribution in [0.4, 0.5) is 0 Å². The van der Waals surface area contributed by atoms with E-state index in [9.17, 15) is 4.79 Å². The van der Waals surface area contributed by atoms with E-state index in [4.69, 9.17) is 20.8 Å². The largest absolute Gasteiger partial charge is 0.457 e. The summed E-state index contributed by atoms with van der Waals surface area (Å²) in [6.07, 6.45) is 1.96. The molecule has 1 aromatic heterocycles. The fourth-order valence-electron chi connectivity index (χ4n) is 3.23. The number of rotatable bonds is 2. The van der Waals surface area contributed by atoms with Gasteiger partial charge in [0.15, 0.2) is 5.17 Å². The van der Waals surface area contributed by atoms with Crippen LogP contribution in [-0.4, -0.2) is 41.3 Å². The van der Waals surface area contributed by atoms with Crippen molar-refractivity contribution in [3.05, 3.63) is 52.1 Å². The van der Waals surface area contributed by atoms with Crippen LogP contribution in [0.5, 0.6) is 0 Å². The van der Waals surface area contributed by atoms with Crippen LogP contribution < -0.4 is 0 Å². The van der Waals surface area contributed by atoms with Gasteiger partial charge in [-0.05, 0) is 49.9 Å². The smallest absolute Gasteiger partial charge is 0.286 e. The Morgan fingerprint density at radius 3 is 2.67 bits per heavy atom. The third kappa shape index (κ3) is 3.98. The van der Waals surface area contributed by atoms with Gasteiger partial charge >= 0.3 is 0 Å². The molecule has 2 atom stereocenters. The second kappa shape index (κ2) is 7.54. The highest BCUT2D eigenvalue weighted by molar-refractivity contribution is 8.18. The molecule has 1 fully saturated rings. The molecule has 0 bridgehead atoms. The number of carbonyl (C=O) groups excluding carboxylic acids is 1. The van der Waals surface area contributed by atoms with Crippen molar-refractivity contribution in [2.75, 3.05) is 13.1 Å². The van der Waals surface area contributed by atoms with Crippen molar-refractivity contribution in [2.45, 2.75) is 26.1 Å². The number of halogens is 1. The molecule has 7 heteroatoms. The minimum Gasteiger partial charge on any atom is -0.457 e. The number of nitrogens with zero attached hydrogens (tertiary/aromatic N) is 2. The number of hydrogen-bond acceptors (Lipinski definition) is 5. The lowest BCUT2D eigenvalue weighted by Crippen LogP contribution is -2.47. The van der Waals surface area contributed by atoms with Crippen molar-refractivity contribution < 1.29 is 13.9 Å². The summed E-state index contributed by atoms with van der Waals surface area (Å²) in [4.78, 5) is 19.2. The Kier molecular flexibility index (Phi) is 5.12. The molecule has 1 amide bonds. The first-order chi connectivity index (χ1) is 13.0. The van der Waals surface area contributed by atoms with Gasteiger partial charge in [0.05, 0.1) is 22.1 Å². The first-order valence-corrected chi connectivity index (χ1v) is 9.97. The van der Waals surface area contributed by atoms with Crippen LogP contribution in [0.1, 0.15) is 19.6 Å². The quantitative estimate of drug-likeness (QED) is 0.682. The molecule has 2 aliphatic rings. The molecule has 0 radical (unpaired) electrons. The average Bonchev–Trinajstić information content (AvgIpc) is 3.22. The highest BCUT2D eigenvalue weighted by Gasteiger charge is 2.31. The van der Waals surface area contributed by atoms with Gasteiger partial charge in [-0.3, -0.25) is 4.79 Å². The third-order valence-corrected chi connectivity index (χ3v) is 5.71. The van der Waals surface area contributed by atoms with Gasteiger partial charge in [-0.15, -0.1) is 0 Å². The number of benzene rings is 1. The summed E-state index contributed by atoms with van der Waals surface area (Å²) in [5, 5.41) is 1.35. The first kappa shape index (κ1) is 18.3. The molecule has 0 N–H and O–H groups in total. The highest BCUT2D eigenvalue weighted by atomic mass is 35.5. The Balaban J connectivity index is 1.51. The van der Waals surface area contributed by atoms with Gasteiger partial charge in [0.25, 0.3) is 5.91 Å². The monoisotopic (exact) mass is 402 g/mol. The van der Waals surface area contributed by atoms with Crippen molar-refractivity contribution in [1.29, 1.82) is 0 Å². The summed E-state index contributed by atoms with van der Waals surface area (Å²) in [5.74, 6) is 1.03. The Morgan fingerprint density at radius 1 is 1.19 bits per heavy atom. The van der Waals surface area contributed by atoms with Gasteiger partial charge in [-0.25, -0.2) is 0 Å². The lowest BCUT2D eigenvalue weighted by molar-refractivity contribution is -0.113. The number of hydrogen-bond donors (Lipinski definition) is 0. The van der Waals surface area contributed by atoms with Gasteiger partial charge in [0, 0.05) is 24.7 Å². The number of ether oxygens (including phenoxy) is 1. The van der Waals surface area contributed by atoms with E-state index in [0.717, 1.165) is 23.8 Å². The minimum absolute atomic E-state index is 0.114. The van der Waals surface area contributed by atoms with Crippen LogP contribution in [0.2, 0.25) is 5.02 Å². The Bertz CT molecular complexity index is 927. The average molecular weight is 403 g/mol. The number of amidine groups is 1. The molecule has 0 saturated carbocycles. The minimum atomic E-state index is -0.238. The number of aliphatic imine (C=N–C) groups is 1. The molecule has 3 heterocycles. The summed E-state index contributed by atoms with van der Waals surface area (Å²) >= 11 is 7.60. The standard InChI is InChI=1S/C20H19ClN2O3S/c1-12-10-23(11-13(2)25-12)20-22-19(24)18(27-20)9-14-7-8-17(26-14)15-5-3-4-6-16(15)21/h3-9,12-13H,10-11H2,1-2H3/b18-9-/t12-,13-/m1/s1. The molecule has 5 nitrogen and oxygen atoms in total. The molecule has 1 aromatic carbocycles. The summed E-state index contributed by atoms with van der Waals surface area (Å²) in [5.41, 5.74) is 0.822. The maximum absolute atomic E-state index is 12.3. The molecular formula is C20H19ClN2O3S. The molecule has 1 saturated heterocycles. The Labute approximate surface area is 167 Å². The van der Waals surface area contributed by atoms with E-state index >= 15 is 0 Å². The van der Waals surface area contributed by atoms with Crippen molar-refractivity contribution in [3.8, 4) is 11.3 Å². The van der Waals surface area contributed by atoms with Crippen LogP contribution in [-0.2, 0) is 9.53 Å². The highest BCUT2D eigenvalue weighted by Crippen LogP contribution is 2.34. The fourth-order valence-corrected chi connectivity index (χ4v) is 4.37. The number of furan rings is 1. The molecule has 0 spiro atoms. The predicted octanol–water partition coefficient (Wildman–Crippen LogP) is 4.68. The van der Waals surface area contributed by atoms with E-state index in [1.165, 1.54) is 11.8 Å². The Hall–Kier alpha value is -2.02. The molecule has 2 aliphatic heterocycles. The maximum atomic E-state index is 12.3. The molecule has 27 heavy (non-hydrogen) atoms. The van der Waals surface area contributed by atoms with Crippen molar-refractivity contribution in [3.63, 3.8) is 0 Å². The fraction of sp³-hybridized carbons (Fsp3) is 0.300. The van der Waals surface area contributed by atoms with Gasteiger partial charge in [-0.2, -0.15) is 4.99 Å². The normalized spacial score (nSPS) is 24.6. The van der Waals surface area contributed by atoms with Crippen molar-refractivity contribution >= 4 is 40.5 Å². The van der Waals surface area contributed by atoms with E-state index in [1.807, 2.05) is 50.2 Å². The van der Waals surface area contributed by atoms with E-state index in [-0.39, 0.29) is 18.1 Å². The van der Waals surface area contributed by atoms with E-state index < -0.39 is 0 Å². The molecule has 2 aromatic rings. The number of carbonyl (C=O) groups is 1. The second-order valence-corrected chi connectivity index (χ2v) is 8.07. The summed E-state index contributed by atoms with van der Waals surface area (Å²) in [6, 6.07) is 11.2. The van der Waals surface area contributed by atoms with Gasteiger partial charge in [0.1, 0.15) is 11.5 Å². The van der Waals surface area contributed by atoms with Crippen LogP contribution >= 0.6 is 23.4 Å². The van der Waals surface area contributed by atoms with Crippen LogP contribution in [0.3, 0.4) is 0 Å². The lowest BCUT2D eigenvalue weighted by atomic mass is 10.2. The SMILES string of the molecule is C[C@@H]1CN(C2=NC(=O)/C(=C/c3ccc(-c4ccccc4Cl)o3)S2)C[C@@H](C)O1. The summed E-state index contributed by atoms with van der Waals surface area (Å²) < 4.78 is 11.6. The number of amides is 1. The molecule has 4 rings (SSSR count). The zero-order valence-electron chi connectivity index (χ0n) is 15.0. The summed E-state index contributed by atoms with van der Waals surface area (Å²) in [6.45, 7) is 5.52. The lowest BCUT2D eigenvalue weighted by Gasteiger charge is -2.35. The van der Waals surface area contributed by atoms with E-state index in [1.54, 1.807) is 6.08 Å². The zero-order chi connectivity index (χ0) is 19.0. The number of thioether (sulfide) groups is 1. The number of morpholine rings is 1. The topological polar surface area (TPSA) is 55.0 Å². The maximum Gasteiger partial charge on any atom is 0.286 e. The van der Waals surface area contributed by atoms with Gasteiger partial charge < -0.3 is 14.1 Å². The second-order valence-electron chi connectivity index (χ2n) is 6.65. The van der Waals surface area contributed by atoms with Gasteiger partial charge in [0.2, 0.25) is 0 Å². The predicted molar refractivity (Wildman–Crippen MR) is 109 cm³/mol. The van der Waals surface area contributed by atoms with Crippen molar-refractivity contribution in [1.82, 2.24) is 4.90 Å². The van der Waals surface area contributed by atoms with Crippen LogP contribution in [0.25, 0.3) is 17.4 Å². The van der Waals surface area contributed by atoms with Crippen LogP contribution in [0.15, 0.2) is 50.7 Å². The van der Waals surface area contributed by atoms with E-state index in [0.29, 0.717) is 21.4 Å². The Morgan fingerprint density at radius 2 is 1.93 bits per heavy atom.